The number of hydrogen-bond donors (Lipinski definition) is 1. The van der Waals surface area contributed by atoms with Crippen LogP contribution in [0.15, 0.2) is 67.0 Å². The summed E-state index contributed by atoms with van der Waals surface area (Å²) in [6.07, 6.45) is 10.4. The van der Waals surface area contributed by atoms with Crippen molar-refractivity contribution < 1.29 is 9.18 Å². The molecule has 0 radical (unpaired) electrons. The van der Waals surface area contributed by atoms with E-state index in [1.165, 1.54) is 12.1 Å². The standard InChI is InChI=1S/C23H23FN4O/c24-20-9-7-18(8-10-20)21-15-22(19-6-3-11-25-16-19)28(27-21)13-12-26-23(29)14-17-4-1-2-5-17/h1,3-4,6-11,15-17H,2,5,12-14H2,(H,26,29). The van der Waals surface area contributed by atoms with E-state index in [1.807, 2.05) is 22.9 Å². The molecule has 1 unspecified atom stereocenters. The maximum atomic E-state index is 13.3. The summed E-state index contributed by atoms with van der Waals surface area (Å²) in [6.45, 7) is 1.03. The molecule has 0 bridgehead atoms. The molecule has 0 saturated heterocycles. The molecule has 6 heteroatoms. The van der Waals surface area contributed by atoms with E-state index in [0.29, 0.717) is 25.4 Å². The summed E-state index contributed by atoms with van der Waals surface area (Å²) in [4.78, 5) is 16.4. The van der Waals surface area contributed by atoms with Crippen LogP contribution in [0, 0.1) is 11.7 Å². The number of allylic oxidation sites excluding steroid dienone is 2. The monoisotopic (exact) mass is 390 g/mol. The third kappa shape index (κ3) is 4.77. The highest BCUT2D eigenvalue weighted by molar-refractivity contribution is 5.76. The van der Waals surface area contributed by atoms with E-state index in [1.54, 1.807) is 24.5 Å². The largest absolute Gasteiger partial charge is 0.354 e. The van der Waals surface area contributed by atoms with Crippen LogP contribution in [-0.4, -0.2) is 27.2 Å². The fourth-order valence-electron chi connectivity index (χ4n) is 3.57. The number of nitrogens with zero attached hydrogens (tertiary/aromatic N) is 3. The summed E-state index contributed by atoms with van der Waals surface area (Å²) in [5, 5.41) is 7.68. The SMILES string of the molecule is O=C(CC1C=CCC1)NCCn1nc(-c2ccc(F)cc2)cc1-c1cccnc1. The molecule has 3 aromatic rings. The molecule has 5 nitrogen and oxygen atoms in total. The molecule has 1 N–H and O–H groups in total. The van der Waals surface area contributed by atoms with Gasteiger partial charge in [-0.3, -0.25) is 14.5 Å². The van der Waals surface area contributed by atoms with Crippen LogP contribution in [-0.2, 0) is 11.3 Å². The van der Waals surface area contributed by atoms with Crippen LogP contribution in [0.4, 0.5) is 4.39 Å². The molecule has 0 fully saturated rings. The Balaban J connectivity index is 1.49. The second-order valence-corrected chi connectivity index (χ2v) is 7.21. The third-order valence-electron chi connectivity index (χ3n) is 5.08. The molecule has 4 rings (SSSR count). The van der Waals surface area contributed by atoms with Crippen LogP contribution in [0.5, 0.6) is 0 Å². The van der Waals surface area contributed by atoms with Gasteiger partial charge in [-0.05, 0) is 61.2 Å². The van der Waals surface area contributed by atoms with Crippen LogP contribution >= 0.6 is 0 Å². The fourth-order valence-corrected chi connectivity index (χ4v) is 3.57. The van der Waals surface area contributed by atoms with Gasteiger partial charge in [-0.15, -0.1) is 0 Å². The molecule has 1 atom stereocenters. The molecular weight excluding hydrogens is 367 g/mol. The van der Waals surface area contributed by atoms with E-state index in [9.17, 15) is 9.18 Å². The highest BCUT2D eigenvalue weighted by Gasteiger charge is 2.15. The summed E-state index contributed by atoms with van der Waals surface area (Å²) >= 11 is 0. The zero-order valence-electron chi connectivity index (χ0n) is 16.1. The van der Waals surface area contributed by atoms with Gasteiger partial charge in [0.05, 0.1) is 17.9 Å². The van der Waals surface area contributed by atoms with Gasteiger partial charge in [0.2, 0.25) is 5.91 Å². The van der Waals surface area contributed by atoms with E-state index in [0.717, 1.165) is 35.4 Å². The van der Waals surface area contributed by atoms with Crippen molar-refractivity contribution in [2.75, 3.05) is 6.54 Å². The molecule has 1 amide bonds. The molecule has 2 heterocycles. The van der Waals surface area contributed by atoms with Gasteiger partial charge in [0.15, 0.2) is 0 Å². The number of benzene rings is 1. The van der Waals surface area contributed by atoms with Crippen LogP contribution in [0.3, 0.4) is 0 Å². The molecule has 1 aromatic carbocycles. The normalized spacial score (nSPS) is 15.6. The number of aromatic nitrogens is 3. The molecule has 0 aliphatic heterocycles. The first-order valence-corrected chi connectivity index (χ1v) is 9.86. The van der Waals surface area contributed by atoms with Gasteiger partial charge < -0.3 is 5.32 Å². The lowest BCUT2D eigenvalue weighted by atomic mass is 10.1. The topological polar surface area (TPSA) is 59.8 Å². The smallest absolute Gasteiger partial charge is 0.220 e. The molecule has 2 aromatic heterocycles. The number of pyridine rings is 1. The highest BCUT2D eigenvalue weighted by atomic mass is 19.1. The number of rotatable bonds is 7. The van der Waals surface area contributed by atoms with Crippen molar-refractivity contribution >= 4 is 5.91 Å². The zero-order chi connectivity index (χ0) is 20.1. The Kier molecular flexibility index (Phi) is 5.79. The summed E-state index contributed by atoms with van der Waals surface area (Å²) in [5.41, 5.74) is 3.44. The second-order valence-electron chi connectivity index (χ2n) is 7.21. The van der Waals surface area contributed by atoms with Crippen LogP contribution in [0.1, 0.15) is 19.3 Å². The van der Waals surface area contributed by atoms with Crippen molar-refractivity contribution in [2.45, 2.75) is 25.8 Å². The van der Waals surface area contributed by atoms with Gasteiger partial charge >= 0.3 is 0 Å². The number of amides is 1. The average molecular weight is 390 g/mol. The predicted octanol–water partition coefficient (Wildman–Crippen LogP) is 4.22. The van der Waals surface area contributed by atoms with E-state index < -0.39 is 0 Å². The third-order valence-corrected chi connectivity index (χ3v) is 5.08. The Morgan fingerprint density at radius 1 is 1.21 bits per heavy atom. The zero-order valence-corrected chi connectivity index (χ0v) is 16.1. The first kappa shape index (κ1) is 19.1. The van der Waals surface area contributed by atoms with Crippen LogP contribution in [0.25, 0.3) is 22.5 Å². The van der Waals surface area contributed by atoms with Gasteiger partial charge in [0.1, 0.15) is 5.82 Å². The maximum absolute atomic E-state index is 13.3. The molecule has 1 aliphatic rings. The molecule has 148 valence electrons. The van der Waals surface area contributed by atoms with Crippen molar-refractivity contribution in [3.05, 3.63) is 72.8 Å². The van der Waals surface area contributed by atoms with Crippen molar-refractivity contribution in [2.24, 2.45) is 5.92 Å². The van der Waals surface area contributed by atoms with Gasteiger partial charge in [0.25, 0.3) is 0 Å². The van der Waals surface area contributed by atoms with Crippen LogP contribution < -0.4 is 5.32 Å². The number of carbonyl (C=O) groups excluding carboxylic acids is 1. The van der Waals surface area contributed by atoms with Gasteiger partial charge in [0, 0.05) is 36.5 Å². The van der Waals surface area contributed by atoms with E-state index >= 15 is 0 Å². The minimum Gasteiger partial charge on any atom is -0.354 e. The van der Waals surface area contributed by atoms with Gasteiger partial charge in [-0.25, -0.2) is 4.39 Å². The average Bonchev–Trinajstić information content (AvgIpc) is 3.39. The van der Waals surface area contributed by atoms with Gasteiger partial charge in [-0.1, -0.05) is 12.2 Å². The summed E-state index contributed by atoms with van der Waals surface area (Å²) < 4.78 is 15.1. The summed E-state index contributed by atoms with van der Waals surface area (Å²) in [5.74, 6) is 0.145. The minimum absolute atomic E-state index is 0.0652. The molecule has 1 aliphatic carbocycles. The van der Waals surface area contributed by atoms with Crippen molar-refractivity contribution in [1.82, 2.24) is 20.1 Å². The first-order chi connectivity index (χ1) is 14.2. The van der Waals surface area contributed by atoms with E-state index in [-0.39, 0.29) is 11.7 Å². The summed E-state index contributed by atoms with van der Waals surface area (Å²) in [6, 6.07) is 12.1. The predicted molar refractivity (Wildman–Crippen MR) is 110 cm³/mol. The van der Waals surface area contributed by atoms with Crippen molar-refractivity contribution in [3.63, 3.8) is 0 Å². The maximum Gasteiger partial charge on any atom is 0.220 e. The Morgan fingerprint density at radius 2 is 2.07 bits per heavy atom. The minimum atomic E-state index is -0.277. The molecule has 0 spiro atoms. The van der Waals surface area contributed by atoms with E-state index in [4.69, 9.17) is 5.10 Å². The highest BCUT2D eigenvalue weighted by Crippen LogP contribution is 2.26. The Labute approximate surface area is 169 Å². The lowest BCUT2D eigenvalue weighted by Gasteiger charge is -2.10. The lowest BCUT2D eigenvalue weighted by molar-refractivity contribution is -0.121. The fraction of sp³-hybridized carbons (Fsp3) is 0.261. The van der Waals surface area contributed by atoms with Gasteiger partial charge in [-0.2, -0.15) is 5.10 Å². The second kappa shape index (κ2) is 8.82. The molecule has 0 saturated carbocycles. The van der Waals surface area contributed by atoms with E-state index in [2.05, 4.69) is 22.5 Å². The Hall–Kier alpha value is -3.28. The number of carbonyl (C=O) groups is 1. The molecular formula is C23H23FN4O. The quantitative estimate of drug-likeness (QED) is 0.615. The Morgan fingerprint density at radius 3 is 2.79 bits per heavy atom. The first-order valence-electron chi connectivity index (χ1n) is 9.86. The van der Waals surface area contributed by atoms with Crippen molar-refractivity contribution in [1.29, 1.82) is 0 Å². The Bertz CT molecular complexity index is 995. The molecule has 29 heavy (non-hydrogen) atoms. The van der Waals surface area contributed by atoms with Crippen LogP contribution in [0.2, 0.25) is 0 Å². The number of hydrogen-bond acceptors (Lipinski definition) is 3. The number of nitrogens with one attached hydrogen (secondary N) is 1. The summed E-state index contributed by atoms with van der Waals surface area (Å²) in [7, 11) is 0. The lowest BCUT2D eigenvalue weighted by Crippen LogP contribution is -2.28. The number of halogens is 1. The van der Waals surface area contributed by atoms with Crippen molar-refractivity contribution in [3.8, 4) is 22.5 Å².